The lowest BCUT2D eigenvalue weighted by molar-refractivity contribution is 1.39. The van der Waals surface area contributed by atoms with E-state index in [0.717, 1.165) is 0 Å². The molecule has 0 aromatic heterocycles. The molecule has 0 saturated carbocycles. The molecule has 0 heterocycles. The summed E-state index contributed by atoms with van der Waals surface area (Å²) < 4.78 is 0. The normalized spacial score (nSPS) is 10.2. The summed E-state index contributed by atoms with van der Waals surface area (Å²) in [5.41, 5.74) is 29.1. The number of benzene rings is 15. The molecule has 0 heteroatoms. The number of aryl methyl sites for hydroxylation is 16. The van der Waals surface area contributed by atoms with Gasteiger partial charge in [-0.2, -0.15) is 0 Å². The van der Waals surface area contributed by atoms with Crippen LogP contribution in [0.4, 0.5) is 0 Å². The maximum Gasteiger partial charge on any atom is -0.0146 e. The zero-order valence-electron chi connectivity index (χ0n) is 61.0. The minimum atomic E-state index is 1.29. The van der Waals surface area contributed by atoms with Crippen LogP contribution < -0.4 is 0 Å². The smallest absolute Gasteiger partial charge is 0.0146 e. The Morgan fingerprint density at radius 3 is 0.622 bits per heavy atom. The molecule has 0 amide bonds. The summed E-state index contributed by atoms with van der Waals surface area (Å²) in [6.07, 6.45) is 0. The Morgan fingerprint density at radius 1 is 0.133 bits per heavy atom. The van der Waals surface area contributed by atoms with Gasteiger partial charge in [-0.05, 0) is 210 Å². The van der Waals surface area contributed by atoms with E-state index >= 15 is 0 Å². The van der Waals surface area contributed by atoms with Gasteiger partial charge >= 0.3 is 0 Å². The van der Waals surface area contributed by atoms with Gasteiger partial charge in [0.15, 0.2) is 0 Å². The second-order valence-electron chi connectivity index (χ2n) is 26.5. The quantitative estimate of drug-likeness (QED) is 0.155. The van der Waals surface area contributed by atoms with E-state index < -0.39 is 0 Å². The minimum absolute atomic E-state index is 1.29. The molecule has 0 bridgehead atoms. The van der Waals surface area contributed by atoms with Gasteiger partial charge in [-0.3, -0.25) is 0 Å². The molecule has 0 N–H and O–H groups in total. The Bertz CT molecular complexity index is 4660. The average molecular weight is 1280 g/mol. The maximum absolute atomic E-state index is 2.22. The molecular weight excluding hydrogens is 1180 g/mol. The zero-order chi connectivity index (χ0) is 70.1. The van der Waals surface area contributed by atoms with E-state index in [1.54, 1.807) is 0 Å². The molecule has 0 nitrogen and oxygen atoms in total. The lowest BCUT2D eigenvalue weighted by atomic mass is 9.93. The molecular formula is C98H100. The summed E-state index contributed by atoms with van der Waals surface area (Å²) in [6.45, 7) is 34.1. The summed E-state index contributed by atoms with van der Waals surface area (Å²) in [4.78, 5) is 0. The summed E-state index contributed by atoms with van der Waals surface area (Å²) in [5.74, 6) is 0. The molecule has 0 aliphatic carbocycles. The standard InChI is InChI=1S/C16H14.3C14H14.2C12H12.2C8H10/c1-11-13-7-3-5-9-15(13)12(2)16-10-6-4-8-14(11)16;1-11-3-7-13(8-4-11)14-9-5-12(2)6-10-14;1-11-5-3-7-13(9-11)14-8-4-6-12(2)10-14;1-11-6-8-13(9-7-11)14-5-3-4-12(2)10-14;1-9-3-5-12-8-10(2)4-6-11(12)7-9;1-9-5-3-8-12-10(2)6-4-7-11(9)12;1-7-3-5-8(2)6-4-7;1-7-4-3-5-8(2)6-7/h3-10H,1-2H3;3*3-10H,1-2H3;2*3-8H,1-2H3;2*3-6H,1-2H3. The fraction of sp³-hybridized carbons (Fsp3) is 0.163. The monoisotopic (exact) mass is 1280 g/mol. The second kappa shape index (κ2) is 36.5. The fourth-order valence-electron chi connectivity index (χ4n) is 11.8. The van der Waals surface area contributed by atoms with Crippen LogP contribution in [-0.2, 0) is 0 Å². The van der Waals surface area contributed by atoms with Gasteiger partial charge < -0.3 is 0 Å². The summed E-state index contributed by atoms with van der Waals surface area (Å²) in [6, 6.07) is 112. The highest BCUT2D eigenvalue weighted by atomic mass is 14.1. The first kappa shape index (κ1) is 73.2. The van der Waals surface area contributed by atoms with Crippen LogP contribution in [0.5, 0.6) is 0 Å². The van der Waals surface area contributed by atoms with Crippen LogP contribution >= 0.6 is 0 Å². The fourth-order valence-corrected chi connectivity index (χ4v) is 11.8. The van der Waals surface area contributed by atoms with Crippen LogP contribution in [0.15, 0.2) is 315 Å². The number of rotatable bonds is 3. The van der Waals surface area contributed by atoms with E-state index in [1.807, 2.05) is 0 Å². The molecule has 15 rings (SSSR count). The largest absolute Gasteiger partial charge is 0.0617 e. The van der Waals surface area contributed by atoms with Gasteiger partial charge in [0.25, 0.3) is 0 Å². The van der Waals surface area contributed by atoms with E-state index in [0.29, 0.717) is 0 Å². The van der Waals surface area contributed by atoms with Crippen LogP contribution in [0.2, 0.25) is 0 Å². The van der Waals surface area contributed by atoms with Gasteiger partial charge in [0.05, 0.1) is 0 Å². The number of hydrogen-bond acceptors (Lipinski definition) is 0. The van der Waals surface area contributed by atoms with Crippen LogP contribution in [0.1, 0.15) is 89.0 Å². The van der Waals surface area contributed by atoms with Crippen molar-refractivity contribution in [2.45, 2.75) is 111 Å². The highest BCUT2D eigenvalue weighted by Gasteiger charge is 2.07. The number of fused-ring (bicyclic) bond motifs is 4. The highest BCUT2D eigenvalue weighted by molar-refractivity contribution is 6.05. The van der Waals surface area contributed by atoms with Crippen molar-refractivity contribution in [1.29, 1.82) is 0 Å². The third-order valence-electron chi connectivity index (χ3n) is 17.6. The Morgan fingerprint density at radius 2 is 0.347 bits per heavy atom. The van der Waals surface area contributed by atoms with Crippen LogP contribution in [0.25, 0.3) is 76.5 Å². The molecule has 0 fully saturated rings. The molecule has 0 atom stereocenters. The van der Waals surface area contributed by atoms with E-state index in [2.05, 4.69) is 426 Å². The Kier molecular flexibility index (Phi) is 27.2. The Labute approximate surface area is 588 Å². The molecule has 15 aromatic carbocycles. The summed E-state index contributed by atoms with van der Waals surface area (Å²) in [7, 11) is 0. The SMILES string of the molecule is Cc1c2ccccc2c(C)c2ccccc12.Cc1ccc(-c2ccc(C)cc2)cc1.Cc1ccc(-c2cccc(C)c2)cc1.Cc1ccc(C)cc1.Cc1ccc2cc(C)ccc2c1.Cc1cccc(-c2cccc(C)c2)c1.Cc1cccc(C)c1.Cc1cccc2c(C)cccc12. The molecule has 0 saturated heterocycles. The molecule has 0 aliphatic rings. The summed E-state index contributed by atoms with van der Waals surface area (Å²) >= 11 is 0. The predicted molar refractivity (Wildman–Crippen MR) is 434 cm³/mol. The van der Waals surface area contributed by atoms with Crippen molar-refractivity contribution < 1.29 is 0 Å². The van der Waals surface area contributed by atoms with Gasteiger partial charge in [0, 0.05) is 0 Å². The third kappa shape index (κ3) is 22.2. The lowest BCUT2D eigenvalue weighted by Gasteiger charge is -2.11. The van der Waals surface area contributed by atoms with Gasteiger partial charge in [0.2, 0.25) is 0 Å². The van der Waals surface area contributed by atoms with Gasteiger partial charge in [0.1, 0.15) is 0 Å². The summed E-state index contributed by atoms with van der Waals surface area (Å²) in [5, 5.41) is 10.9. The number of hydrogen-bond donors (Lipinski definition) is 0. The molecule has 0 radical (unpaired) electrons. The molecule has 98 heavy (non-hydrogen) atoms. The first-order valence-electron chi connectivity index (χ1n) is 34.4. The van der Waals surface area contributed by atoms with Crippen molar-refractivity contribution in [3.8, 4) is 33.4 Å². The van der Waals surface area contributed by atoms with E-state index in [4.69, 9.17) is 0 Å². The van der Waals surface area contributed by atoms with Crippen molar-refractivity contribution in [1.82, 2.24) is 0 Å². The first-order chi connectivity index (χ1) is 47.2. The Hall–Kier alpha value is -10.7. The lowest BCUT2D eigenvalue weighted by Crippen LogP contribution is -1.87. The van der Waals surface area contributed by atoms with E-state index in [9.17, 15) is 0 Å². The van der Waals surface area contributed by atoms with Crippen LogP contribution in [-0.4, -0.2) is 0 Å². The van der Waals surface area contributed by atoms with Crippen LogP contribution in [0.3, 0.4) is 0 Å². The van der Waals surface area contributed by atoms with Crippen molar-refractivity contribution >= 4 is 43.1 Å². The van der Waals surface area contributed by atoms with E-state index in [-0.39, 0.29) is 0 Å². The van der Waals surface area contributed by atoms with E-state index in [1.165, 1.54) is 165 Å². The van der Waals surface area contributed by atoms with Crippen molar-refractivity contribution in [2.24, 2.45) is 0 Å². The molecule has 492 valence electrons. The molecule has 0 aliphatic heterocycles. The minimum Gasteiger partial charge on any atom is -0.0617 e. The predicted octanol–water partition coefficient (Wildman–Crippen LogP) is 28.0. The highest BCUT2D eigenvalue weighted by Crippen LogP contribution is 2.32. The molecule has 0 unspecified atom stereocenters. The topological polar surface area (TPSA) is 0 Å². The maximum atomic E-state index is 2.22. The Balaban J connectivity index is 0.000000144. The van der Waals surface area contributed by atoms with Gasteiger partial charge in [-0.25, -0.2) is 0 Å². The second-order valence-corrected chi connectivity index (χ2v) is 26.5. The first-order valence-corrected chi connectivity index (χ1v) is 34.4. The molecule has 15 aromatic rings. The van der Waals surface area contributed by atoms with Crippen molar-refractivity contribution in [3.05, 3.63) is 404 Å². The van der Waals surface area contributed by atoms with Gasteiger partial charge in [-0.1, -0.05) is 382 Å². The third-order valence-corrected chi connectivity index (χ3v) is 17.6. The average Bonchev–Trinajstić information content (AvgIpc) is 0.767. The van der Waals surface area contributed by atoms with Crippen molar-refractivity contribution in [2.75, 3.05) is 0 Å². The van der Waals surface area contributed by atoms with Gasteiger partial charge in [-0.15, -0.1) is 0 Å². The van der Waals surface area contributed by atoms with Crippen molar-refractivity contribution in [3.63, 3.8) is 0 Å². The van der Waals surface area contributed by atoms with Crippen LogP contribution in [0, 0.1) is 111 Å². The molecule has 0 spiro atoms. The zero-order valence-corrected chi connectivity index (χ0v) is 61.0.